The van der Waals surface area contributed by atoms with Crippen molar-refractivity contribution in [1.29, 1.82) is 0 Å². The molecule has 9 heteroatoms. The third-order valence-corrected chi connectivity index (χ3v) is 7.89. The third kappa shape index (κ3) is 4.65. The normalized spacial score (nSPS) is 14.8. The summed E-state index contributed by atoms with van der Waals surface area (Å²) in [6, 6.07) is 14.9. The van der Waals surface area contributed by atoms with Crippen molar-refractivity contribution in [3.8, 4) is 22.8 Å². The highest BCUT2D eigenvalue weighted by atomic mass is 32.2. The molecule has 4 rings (SSSR count). The molecule has 0 radical (unpaired) electrons. The van der Waals surface area contributed by atoms with Gasteiger partial charge in [0.05, 0.1) is 24.8 Å². The zero-order chi connectivity index (χ0) is 23.6. The highest BCUT2D eigenvalue weighted by Crippen LogP contribution is 2.32. The maximum atomic E-state index is 13.2. The van der Waals surface area contributed by atoms with Gasteiger partial charge in [-0.3, -0.25) is 0 Å². The van der Waals surface area contributed by atoms with Gasteiger partial charge < -0.3 is 14.4 Å². The van der Waals surface area contributed by atoms with Crippen molar-refractivity contribution in [1.82, 2.24) is 14.5 Å². The van der Waals surface area contributed by atoms with Gasteiger partial charge in [-0.2, -0.15) is 4.31 Å². The van der Waals surface area contributed by atoms with Crippen LogP contribution < -0.4 is 14.4 Å². The number of anilines is 1. The van der Waals surface area contributed by atoms with E-state index < -0.39 is 10.0 Å². The first-order chi connectivity index (χ1) is 15.8. The van der Waals surface area contributed by atoms with Crippen LogP contribution in [0.3, 0.4) is 0 Å². The molecule has 2 aromatic carbocycles. The van der Waals surface area contributed by atoms with E-state index >= 15 is 0 Å². The Morgan fingerprint density at radius 1 is 0.818 bits per heavy atom. The van der Waals surface area contributed by atoms with E-state index in [9.17, 15) is 8.42 Å². The number of hydrogen-bond donors (Lipinski definition) is 0. The van der Waals surface area contributed by atoms with Gasteiger partial charge in [0, 0.05) is 31.7 Å². The first kappa shape index (κ1) is 23.0. The third-order valence-electron chi connectivity index (χ3n) is 5.85. The van der Waals surface area contributed by atoms with E-state index in [2.05, 4.69) is 15.1 Å². The van der Waals surface area contributed by atoms with Crippen LogP contribution in [-0.2, 0) is 10.0 Å². The zero-order valence-corrected chi connectivity index (χ0v) is 20.1. The summed E-state index contributed by atoms with van der Waals surface area (Å²) in [6.07, 6.45) is 0. The van der Waals surface area contributed by atoms with E-state index in [4.69, 9.17) is 9.47 Å². The fourth-order valence-corrected chi connectivity index (χ4v) is 5.66. The van der Waals surface area contributed by atoms with E-state index in [1.807, 2.05) is 56.3 Å². The SMILES string of the molecule is COc1ccc(-c2ccc(N3CCN(S(=O)(=O)c4cc(C)ccc4C)CC3)nn2)cc1OC. The van der Waals surface area contributed by atoms with Crippen LogP contribution in [-0.4, -0.2) is 63.3 Å². The quantitative estimate of drug-likeness (QED) is 0.549. The molecule has 1 fully saturated rings. The fraction of sp³-hybridized carbons (Fsp3) is 0.333. The lowest BCUT2D eigenvalue weighted by atomic mass is 10.1. The molecule has 174 valence electrons. The van der Waals surface area contributed by atoms with E-state index in [1.165, 1.54) is 0 Å². The predicted octanol–water partition coefficient (Wildman–Crippen LogP) is 3.29. The monoisotopic (exact) mass is 468 g/mol. The maximum Gasteiger partial charge on any atom is 0.243 e. The maximum absolute atomic E-state index is 13.2. The lowest BCUT2D eigenvalue weighted by Gasteiger charge is -2.34. The molecule has 0 saturated carbocycles. The molecule has 0 atom stereocenters. The number of sulfonamides is 1. The van der Waals surface area contributed by atoms with Gasteiger partial charge in [-0.15, -0.1) is 10.2 Å². The number of hydrogen-bond acceptors (Lipinski definition) is 7. The number of benzene rings is 2. The number of methoxy groups -OCH3 is 2. The van der Waals surface area contributed by atoms with Crippen molar-refractivity contribution in [2.75, 3.05) is 45.3 Å². The Bertz CT molecular complexity index is 1240. The summed E-state index contributed by atoms with van der Waals surface area (Å²) in [5.41, 5.74) is 3.29. The van der Waals surface area contributed by atoms with Crippen LogP contribution >= 0.6 is 0 Å². The van der Waals surface area contributed by atoms with Crippen LogP contribution in [0.15, 0.2) is 53.4 Å². The van der Waals surface area contributed by atoms with Crippen LogP contribution in [0, 0.1) is 13.8 Å². The first-order valence-electron chi connectivity index (χ1n) is 10.7. The molecule has 0 N–H and O–H groups in total. The number of ether oxygens (including phenoxy) is 2. The standard InChI is InChI=1S/C24H28N4O4S/c1-17-5-6-18(2)23(15-17)33(29,30)28-13-11-27(12-14-28)24-10-8-20(25-26-24)19-7-9-21(31-3)22(16-19)32-4/h5-10,15-16H,11-14H2,1-4H3. The molecular weight excluding hydrogens is 440 g/mol. The molecule has 3 aromatic rings. The lowest BCUT2D eigenvalue weighted by molar-refractivity contribution is 0.355. The van der Waals surface area contributed by atoms with Crippen molar-refractivity contribution < 1.29 is 17.9 Å². The number of piperazine rings is 1. The summed E-state index contributed by atoms with van der Waals surface area (Å²) in [4.78, 5) is 2.44. The van der Waals surface area contributed by atoms with E-state index in [0.29, 0.717) is 42.6 Å². The number of rotatable bonds is 6. The fourth-order valence-electron chi connectivity index (χ4n) is 3.93. The van der Waals surface area contributed by atoms with Crippen LogP contribution in [0.25, 0.3) is 11.3 Å². The summed E-state index contributed by atoms with van der Waals surface area (Å²) in [7, 11) is -0.337. The topological polar surface area (TPSA) is 84.9 Å². The van der Waals surface area contributed by atoms with Gasteiger partial charge in [-0.1, -0.05) is 12.1 Å². The molecular formula is C24H28N4O4S. The molecule has 0 unspecified atom stereocenters. The summed E-state index contributed by atoms with van der Waals surface area (Å²) >= 11 is 0. The van der Waals surface area contributed by atoms with Gasteiger partial charge >= 0.3 is 0 Å². The van der Waals surface area contributed by atoms with Gasteiger partial charge in [0.2, 0.25) is 10.0 Å². The second kappa shape index (κ2) is 9.36. The van der Waals surface area contributed by atoms with Crippen molar-refractivity contribution in [3.63, 3.8) is 0 Å². The van der Waals surface area contributed by atoms with Crippen molar-refractivity contribution in [3.05, 3.63) is 59.7 Å². The van der Waals surface area contributed by atoms with E-state index in [-0.39, 0.29) is 0 Å². The Morgan fingerprint density at radius 2 is 1.55 bits per heavy atom. The Morgan fingerprint density at radius 3 is 2.18 bits per heavy atom. The molecule has 0 amide bonds. The molecule has 1 saturated heterocycles. The number of nitrogens with zero attached hydrogens (tertiary/aromatic N) is 4. The van der Waals surface area contributed by atoms with Gasteiger partial charge in [0.25, 0.3) is 0 Å². The Hall–Kier alpha value is -3.17. The van der Waals surface area contributed by atoms with Crippen molar-refractivity contribution in [2.24, 2.45) is 0 Å². The summed E-state index contributed by atoms with van der Waals surface area (Å²) in [5.74, 6) is 2.00. The van der Waals surface area contributed by atoms with Crippen LogP contribution in [0.1, 0.15) is 11.1 Å². The van der Waals surface area contributed by atoms with Crippen molar-refractivity contribution in [2.45, 2.75) is 18.7 Å². The zero-order valence-electron chi connectivity index (χ0n) is 19.3. The van der Waals surface area contributed by atoms with Crippen LogP contribution in [0.5, 0.6) is 11.5 Å². The van der Waals surface area contributed by atoms with Crippen LogP contribution in [0.2, 0.25) is 0 Å². The Labute approximate surface area is 194 Å². The molecule has 1 aliphatic heterocycles. The van der Waals surface area contributed by atoms with Gasteiger partial charge in [0.1, 0.15) is 0 Å². The number of aromatic nitrogens is 2. The highest BCUT2D eigenvalue weighted by Gasteiger charge is 2.30. The molecule has 1 aliphatic rings. The average Bonchev–Trinajstić information content (AvgIpc) is 2.85. The van der Waals surface area contributed by atoms with E-state index in [1.54, 1.807) is 24.6 Å². The number of aryl methyl sites for hydroxylation is 2. The minimum Gasteiger partial charge on any atom is -0.493 e. The minimum absolute atomic E-state index is 0.384. The smallest absolute Gasteiger partial charge is 0.243 e. The van der Waals surface area contributed by atoms with Gasteiger partial charge in [-0.05, 0) is 61.4 Å². The Balaban J connectivity index is 1.46. The van der Waals surface area contributed by atoms with E-state index in [0.717, 1.165) is 28.2 Å². The molecule has 33 heavy (non-hydrogen) atoms. The second-order valence-corrected chi connectivity index (χ2v) is 9.91. The van der Waals surface area contributed by atoms with Crippen molar-refractivity contribution >= 4 is 15.8 Å². The predicted molar refractivity (Wildman–Crippen MR) is 127 cm³/mol. The highest BCUT2D eigenvalue weighted by molar-refractivity contribution is 7.89. The molecule has 8 nitrogen and oxygen atoms in total. The van der Waals surface area contributed by atoms with Gasteiger partial charge in [0.15, 0.2) is 17.3 Å². The summed E-state index contributed by atoms with van der Waals surface area (Å²) in [5, 5.41) is 8.76. The molecule has 0 aliphatic carbocycles. The molecule has 1 aromatic heterocycles. The second-order valence-electron chi connectivity index (χ2n) is 8.01. The molecule has 2 heterocycles. The molecule has 0 bridgehead atoms. The lowest BCUT2D eigenvalue weighted by Crippen LogP contribution is -2.49. The van der Waals surface area contributed by atoms with Gasteiger partial charge in [-0.25, -0.2) is 8.42 Å². The molecule has 0 spiro atoms. The average molecular weight is 469 g/mol. The Kier molecular flexibility index (Phi) is 6.53. The van der Waals surface area contributed by atoms with Crippen LogP contribution in [0.4, 0.5) is 5.82 Å². The minimum atomic E-state index is -3.53. The first-order valence-corrected chi connectivity index (χ1v) is 12.2. The summed E-state index contributed by atoms with van der Waals surface area (Å²) < 4.78 is 38.5. The largest absolute Gasteiger partial charge is 0.493 e. The summed E-state index contributed by atoms with van der Waals surface area (Å²) in [6.45, 7) is 5.63.